The van der Waals surface area contributed by atoms with Gasteiger partial charge >= 0.3 is 0 Å². The van der Waals surface area contributed by atoms with E-state index in [0.29, 0.717) is 13.0 Å². The summed E-state index contributed by atoms with van der Waals surface area (Å²) in [5.74, 6) is -0.135. The van der Waals surface area contributed by atoms with Crippen molar-refractivity contribution < 1.29 is 18.3 Å². The largest absolute Gasteiger partial charge is 0.506 e. The first-order chi connectivity index (χ1) is 8.83. The maximum absolute atomic E-state index is 11.9. The van der Waals surface area contributed by atoms with Gasteiger partial charge in [0, 0.05) is 13.2 Å². The third kappa shape index (κ3) is 5.96. The number of hydrogen-bond acceptors (Lipinski definition) is 5. The third-order valence-electron chi connectivity index (χ3n) is 2.37. The van der Waals surface area contributed by atoms with Crippen LogP contribution in [0.25, 0.3) is 0 Å². The van der Waals surface area contributed by atoms with Crippen LogP contribution in [0.2, 0.25) is 0 Å². The summed E-state index contributed by atoms with van der Waals surface area (Å²) >= 11 is 0. The maximum atomic E-state index is 11.9. The van der Waals surface area contributed by atoms with Gasteiger partial charge in [0.2, 0.25) is 10.0 Å². The summed E-state index contributed by atoms with van der Waals surface area (Å²) in [6.45, 7) is 4.63. The minimum atomic E-state index is -3.60. The summed E-state index contributed by atoms with van der Waals surface area (Å²) in [6, 6.07) is 3.78. The van der Waals surface area contributed by atoms with Crippen molar-refractivity contribution in [3.05, 3.63) is 18.2 Å². The van der Waals surface area contributed by atoms with Crippen molar-refractivity contribution in [2.45, 2.75) is 31.3 Å². The number of rotatable bonds is 7. The second-order valence-electron chi connectivity index (χ2n) is 4.39. The number of phenolic OH excluding ortho intramolecular Hbond substituents is 1. The highest BCUT2D eigenvalue weighted by Gasteiger charge is 2.14. The van der Waals surface area contributed by atoms with Crippen LogP contribution in [0.15, 0.2) is 23.1 Å². The van der Waals surface area contributed by atoms with E-state index in [9.17, 15) is 13.5 Å². The molecule has 1 rings (SSSR count). The summed E-state index contributed by atoms with van der Waals surface area (Å²) in [4.78, 5) is 0.0348. The van der Waals surface area contributed by atoms with E-state index in [4.69, 9.17) is 10.5 Å². The summed E-state index contributed by atoms with van der Waals surface area (Å²) < 4.78 is 31.6. The molecular formula is C12H21ClN2O4S. The Morgan fingerprint density at radius 2 is 2.05 bits per heavy atom. The molecule has 0 saturated heterocycles. The Morgan fingerprint density at radius 1 is 1.40 bits per heavy atom. The van der Waals surface area contributed by atoms with Crippen LogP contribution < -0.4 is 10.5 Å². The molecule has 1 aromatic carbocycles. The zero-order valence-electron chi connectivity index (χ0n) is 11.5. The van der Waals surface area contributed by atoms with Crippen molar-refractivity contribution in [3.63, 3.8) is 0 Å². The normalized spacial score (nSPS) is 11.3. The molecule has 0 aromatic heterocycles. The number of aromatic hydroxyl groups is 1. The van der Waals surface area contributed by atoms with E-state index in [2.05, 4.69) is 4.72 Å². The topological polar surface area (TPSA) is 102 Å². The van der Waals surface area contributed by atoms with Crippen LogP contribution >= 0.6 is 12.4 Å². The lowest BCUT2D eigenvalue weighted by atomic mass is 10.3. The summed E-state index contributed by atoms with van der Waals surface area (Å²) in [7, 11) is -3.60. The molecule has 0 aliphatic rings. The second kappa shape index (κ2) is 8.31. The molecule has 4 N–H and O–H groups in total. The number of anilines is 1. The quantitative estimate of drug-likeness (QED) is 0.400. The lowest BCUT2D eigenvalue weighted by Crippen LogP contribution is -2.26. The predicted molar refractivity (Wildman–Crippen MR) is 80.7 cm³/mol. The Morgan fingerprint density at radius 3 is 2.60 bits per heavy atom. The SMILES string of the molecule is CC(C)OCCCNS(=O)(=O)c1ccc(O)c(N)c1.Cl. The van der Waals surface area contributed by atoms with Crippen molar-refractivity contribution in [1.29, 1.82) is 0 Å². The number of halogens is 1. The fourth-order valence-corrected chi connectivity index (χ4v) is 2.49. The molecule has 116 valence electrons. The second-order valence-corrected chi connectivity index (χ2v) is 6.16. The summed E-state index contributed by atoms with van der Waals surface area (Å²) in [6.07, 6.45) is 0.721. The average Bonchev–Trinajstić information content (AvgIpc) is 2.31. The highest BCUT2D eigenvalue weighted by molar-refractivity contribution is 7.89. The minimum Gasteiger partial charge on any atom is -0.506 e. The van der Waals surface area contributed by atoms with Crippen LogP contribution in [-0.2, 0) is 14.8 Å². The summed E-state index contributed by atoms with van der Waals surface area (Å²) in [5.41, 5.74) is 5.50. The number of nitrogens with two attached hydrogens (primary N) is 1. The molecular weight excluding hydrogens is 304 g/mol. The average molecular weight is 325 g/mol. The lowest BCUT2D eigenvalue weighted by molar-refractivity contribution is 0.0778. The molecule has 0 radical (unpaired) electrons. The Balaban J connectivity index is 0.00000361. The smallest absolute Gasteiger partial charge is 0.240 e. The fraction of sp³-hybridized carbons (Fsp3) is 0.500. The molecule has 0 atom stereocenters. The highest BCUT2D eigenvalue weighted by Crippen LogP contribution is 2.22. The van der Waals surface area contributed by atoms with E-state index < -0.39 is 10.0 Å². The van der Waals surface area contributed by atoms with E-state index in [1.807, 2.05) is 13.8 Å². The van der Waals surface area contributed by atoms with Crippen LogP contribution in [0.5, 0.6) is 5.75 Å². The Kier molecular flexibility index (Phi) is 7.88. The minimum absolute atomic E-state index is 0. The standard InChI is InChI=1S/C12H20N2O4S.ClH/c1-9(2)18-7-3-6-14-19(16,17)10-4-5-12(15)11(13)8-10;/h4-5,8-9,14-15H,3,6-7,13H2,1-2H3;1H. The van der Waals surface area contributed by atoms with E-state index in [-0.39, 0.29) is 41.4 Å². The molecule has 0 spiro atoms. The van der Waals surface area contributed by atoms with E-state index >= 15 is 0 Å². The Bertz CT molecular complexity index is 520. The van der Waals surface area contributed by atoms with Crippen molar-refractivity contribution in [2.75, 3.05) is 18.9 Å². The molecule has 0 fully saturated rings. The number of nitrogens with one attached hydrogen (secondary N) is 1. The maximum Gasteiger partial charge on any atom is 0.240 e. The molecule has 8 heteroatoms. The number of hydrogen-bond donors (Lipinski definition) is 3. The van der Waals surface area contributed by atoms with E-state index in [0.717, 1.165) is 0 Å². The lowest BCUT2D eigenvalue weighted by Gasteiger charge is -2.09. The van der Waals surface area contributed by atoms with Crippen LogP contribution in [0.4, 0.5) is 5.69 Å². The number of benzene rings is 1. The number of sulfonamides is 1. The predicted octanol–water partition coefficient (Wildman–Crippen LogP) is 1.49. The van der Waals surface area contributed by atoms with E-state index in [1.54, 1.807) is 0 Å². The highest BCUT2D eigenvalue weighted by atomic mass is 35.5. The van der Waals surface area contributed by atoms with Crippen molar-refractivity contribution in [3.8, 4) is 5.75 Å². The van der Waals surface area contributed by atoms with Gasteiger partial charge in [0.05, 0.1) is 16.7 Å². The van der Waals surface area contributed by atoms with Gasteiger partial charge in [-0.3, -0.25) is 0 Å². The van der Waals surface area contributed by atoms with Crippen LogP contribution in [-0.4, -0.2) is 32.8 Å². The van der Waals surface area contributed by atoms with Gasteiger partial charge in [-0.25, -0.2) is 13.1 Å². The zero-order chi connectivity index (χ0) is 14.5. The van der Waals surface area contributed by atoms with Gasteiger partial charge in [-0.15, -0.1) is 12.4 Å². The van der Waals surface area contributed by atoms with Gasteiger partial charge in [-0.1, -0.05) is 0 Å². The number of phenols is 1. The van der Waals surface area contributed by atoms with Gasteiger partial charge in [0.25, 0.3) is 0 Å². The van der Waals surface area contributed by atoms with Crippen LogP contribution in [0.3, 0.4) is 0 Å². The first-order valence-electron chi connectivity index (χ1n) is 6.02. The Hall–Kier alpha value is -1.02. The molecule has 0 saturated carbocycles. The van der Waals surface area contributed by atoms with Gasteiger partial charge in [-0.05, 0) is 38.5 Å². The summed E-state index contributed by atoms with van der Waals surface area (Å²) in [5, 5.41) is 9.25. The molecule has 0 heterocycles. The van der Waals surface area contributed by atoms with Crippen LogP contribution in [0, 0.1) is 0 Å². The zero-order valence-corrected chi connectivity index (χ0v) is 13.1. The van der Waals surface area contributed by atoms with Gasteiger partial charge < -0.3 is 15.6 Å². The molecule has 0 unspecified atom stereocenters. The Labute approximate surface area is 125 Å². The molecule has 0 aliphatic heterocycles. The van der Waals surface area contributed by atoms with Crippen molar-refractivity contribution in [1.82, 2.24) is 4.72 Å². The third-order valence-corrected chi connectivity index (χ3v) is 3.83. The molecule has 6 nitrogen and oxygen atoms in total. The number of ether oxygens (including phenoxy) is 1. The first kappa shape index (κ1) is 19.0. The first-order valence-corrected chi connectivity index (χ1v) is 7.51. The molecule has 0 amide bonds. The van der Waals surface area contributed by atoms with Crippen molar-refractivity contribution >= 4 is 28.1 Å². The van der Waals surface area contributed by atoms with Gasteiger partial charge in [-0.2, -0.15) is 0 Å². The van der Waals surface area contributed by atoms with Gasteiger partial charge in [0.1, 0.15) is 5.75 Å². The fourth-order valence-electron chi connectivity index (χ4n) is 1.38. The number of nitrogen functional groups attached to an aromatic ring is 1. The molecule has 1 aromatic rings. The van der Waals surface area contributed by atoms with E-state index in [1.165, 1.54) is 18.2 Å². The monoisotopic (exact) mass is 324 g/mol. The van der Waals surface area contributed by atoms with Crippen molar-refractivity contribution in [2.24, 2.45) is 0 Å². The molecule has 0 bridgehead atoms. The van der Waals surface area contributed by atoms with Gasteiger partial charge in [0.15, 0.2) is 0 Å². The van der Waals surface area contributed by atoms with Crippen LogP contribution in [0.1, 0.15) is 20.3 Å². The molecule has 0 aliphatic carbocycles. The molecule has 20 heavy (non-hydrogen) atoms.